The fraction of sp³-hybridized carbons (Fsp3) is 0.286. The number of rotatable bonds is 2. The largest absolute Gasteiger partial charge is 0.0758 e. The second-order valence-electron chi connectivity index (χ2n) is 7.21. The van der Waals surface area contributed by atoms with E-state index in [4.69, 9.17) is 0 Å². The molecule has 0 radical (unpaired) electrons. The minimum atomic E-state index is 1.32. The van der Waals surface area contributed by atoms with Crippen molar-refractivity contribution in [3.8, 4) is 11.1 Å². The highest BCUT2D eigenvalue weighted by Crippen LogP contribution is 2.27. The summed E-state index contributed by atoms with van der Waals surface area (Å²) in [5.41, 5.74) is 10.7. The van der Waals surface area contributed by atoms with Crippen molar-refractivity contribution < 1.29 is 0 Å². The maximum Gasteiger partial charge on any atom is -0.0149 e. The Balaban J connectivity index is 0.000000268. The Kier molecular flexibility index (Phi) is 10.0. The van der Waals surface area contributed by atoms with Crippen molar-refractivity contribution in [3.05, 3.63) is 100 Å². The van der Waals surface area contributed by atoms with E-state index in [1.807, 2.05) is 13.8 Å². The van der Waals surface area contributed by atoms with Crippen LogP contribution in [-0.4, -0.2) is 0 Å². The van der Waals surface area contributed by atoms with Gasteiger partial charge in [-0.15, -0.1) is 0 Å². The van der Waals surface area contributed by atoms with E-state index in [2.05, 4.69) is 114 Å². The van der Waals surface area contributed by atoms with E-state index in [1.54, 1.807) is 0 Å². The van der Waals surface area contributed by atoms with E-state index in [9.17, 15) is 0 Å². The molecule has 0 bridgehead atoms. The molecular weight excluding hydrogens is 336 g/mol. The van der Waals surface area contributed by atoms with Gasteiger partial charge >= 0.3 is 0 Å². The van der Waals surface area contributed by atoms with Crippen molar-refractivity contribution in [2.45, 2.75) is 55.4 Å². The van der Waals surface area contributed by atoms with Crippen molar-refractivity contribution in [2.75, 3.05) is 0 Å². The zero-order valence-corrected chi connectivity index (χ0v) is 18.9. The Morgan fingerprint density at radius 2 is 1.14 bits per heavy atom. The normalized spacial score (nSPS) is 9.43. The van der Waals surface area contributed by atoms with Crippen LogP contribution < -0.4 is 0 Å². The van der Waals surface area contributed by atoms with Crippen molar-refractivity contribution in [3.63, 3.8) is 0 Å². The minimum Gasteiger partial charge on any atom is -0.0758 e. The van der Waals surface area contributed by atoms with Gasteiger partial charge in [0.05, 0.1) is 0 Å². The lowest BCUT2D eigenvalue weighted by Gasteiger charge is -2.09. The van der Waals surface area contributed by atoms with Gasteiger partial charge < -0.3 is 0 Å². The molecule has 0 aliphatic heterocycles. The van der Waals surface area contributed by atoms with Gasteiger partial charge in [-0.05, 0) is 74.9 Å². The van der Waals surface area contributed by atoms with Crippen LogP contribution in [0.2, 0.25) is 0 Å². The predicted molar refractivity (Wildman–Crippen MR) is 128 cm³/mol. The predicted octanol–water partition coefficient (Wildman–Crippen LogP) is 8.72. The van der Waals surface area contributed by atoms with Gasteiger partial charge in [0.25, 0.3) is 0 Å². The summed E-state index contributed by atoms with van der Waals surface area (Å²) in [5, 5.41) is 0. The van der Waals surface area contributed by atoms with Crippen molar-refractivity contribution in [1.82, 2.24) is 0 Å². The van der Waals surface area contributed by atoms with Crippen molar-refractivity contribution in [2.24, 2.45) is 0 Å². The van der Waals surface area contributed by atoms with Gasteiger partial charge in [0.15, 0.2) is 0 Å². The first kappa shape index (κ1) is 23.4. The molecule has 0 fully saturated rings. The summed E-state index contributed by atoms with van der Waals surface area (Å²) in [6.45, 7) is 16.8. The van der Waals surface area contributed by atoms with Crippen molar-refractivity contribution >= 4 is 6.08 Å². The third-order valence-electron chi connectivity index (χ3n) is 4.46. The molecule has 3 aromatic carbocycles. The first-order valence-corrected chi connectivity index (χ1v) is 10.2. The lowest BCUT2D eigenvalue weighted by atomic mass is 9.95. The third kappa shape index (κ3) is 7.19. The highest BCUT2D eigenvalue weighted by molar-refractivity contribution is 5.70. The first-order valence-electron chi connectivity index (χ1n) is 10.2. The van der Waals surface area contributed by atoms with E-state index in [-0.39, 0.29) is 0 Å². The van der Waals surface area contributed by atoms with Crippen LogP contribution in [0.4, 0.5) is 0 Å². The SMILES string of the molecule is CC.CC(C)=Cc1ccccc1C.Cc1ccc(C)c(-c2ccccc2C)c1. The lowest BCUT2D eigenvalue weighted by molar-refractivity contribution is 1.37. The third-order valence-corrected chi connectivity index (χ3v) is 4.46. The van der Waals surface area contributed by atoms with Gasteiger partial charge in [-0.1, -0.05) is 97.8 Å². The molecule has 0 amide bonds. The lowest BCUT2D eigenvalue weighted by Crippen LogP contribution is -1.87. The van der Waals surface area contributed by atoms with Crippen LogP contribution in [0, 0.1) is 27.7 Å². The Labute approximate surface area is 173 Å². The highest BCUT2D eigenvalue weighted by Gasteiger charge is 2.04. The Morgan fingerprint density at radius 3 is 1.71 bits per heavy atom. The van der Waals surface area contributed by atoms with Gasteiger partial charge in [0, 0.05) is 0 Å². The van der Waals surface area contributed by atoms with E-state index < -0.39 is 0 Å². The van der Waals surface area contributed by atoms with Crippen LogP contribution in [-0.2, 0) is 0 Å². The Hall–Kier alpha value is -2.60. The number of hydrogen-bond acceptors (Lipinski definition) is 0. The van der Waals surface area contributed by atoms with Gasteiger partial charge in [-0.25, -0.2) is 0 Å². The summed E-state index contributed by atoms with van der Waals surface area (Å²) < 4.78 is 0. The maximum atomic E-state index is 2.26. The monoisotopic (exact) mass is 372 g/mol. The molecule has 0 aromatic heterocycles. The van der Waals surface area contributed by atoms with Crippen LogP contribution in [0.5, 0.6) is 0 Å². The fourth-order valence-electron chi connectivity index (χ4n) is 2.96. The molecule has 0 saturated heterocycles. The summed E-state index contributed by atoms with van der Waals surface area (Å²) in [6, 6.07) is 23.6. The van der Waals surface area contributed by atoms with Crippen LogP contribution in [0.1, 0.15) is 55.5 Å². The van der Waals surface area contributed by atoms with Gasteiger partial charge in [-0.2, -0.15) is 0 Å². The second-order valence-corrected chi connectivity index (χ2v) is 7.21. The summed E-state index contributed by atoms with van der Waals surface area (Å²) in [4.78, 5) is 0. The summed E-state index contributed by atoms with van der Waals surface area (Å²) >= 11 is 0. The molecular formula is C28H36. The minimum absolute atomic E-state index is 1.32. The fourth-order valence-corrected chi connectivity index (χ4v) is 2.96. The Morgan fingerprint density at radius 1 is 0.607 bits per heavy atom. The quantitative estimate of drug-likeness (QED) is 0.422. The molecule has 0 spiro atoms. The second kappa shape index (κ2) is 12.0. The maximum absolute atomic E-state index is 2.26. The zero-order chi connectivity index (χ0) is 21.1. The number of aryl methyl sites for hydroxylation is 4. The summed E-state index contributed by atoms with van der Waals surface area (Å²) in [7, 11) is 0. The van der Waals surface area contributed by atoms with E-state index >= 15 is 0 Å². The van der Waals surface area contributed by atoms with Crippen LogP contribution in [0.15, 0.2) is 72.3 Å². The van der Waals surface area contributed by atoms with Crippen LogP contribution in [0.3, 0.4) is 0 Å². The molecule has 0 N–H and O–H groups in total. The molecule has 0 heterocycles. The standard InChI is InChI=1S/C15H16.C11H14.C2H6/c1-11-8-9-13(3)15(10-11)14-7-5-4-6-12(14)2;1-9(2)8-11-7-5-4-6-10(11)3;1-2/h4-10H,1-3H3;4-8H,1-3H3;1-2H3. The molecule has 0 heteroatoms. The van der Waals surface area contributed by atoms with Gasteiger partial charge in [0.2, 0.25) is 0 Å². The van der Waals surface area contributed by atoms with Crippen molar-refractivity contribution in [1.29, 1.82) is 0 Å². The number of benzene rings is 3. The topological polar surface area (TPSA) is 0 Å². The number of allylic oxidation sites excluding steroid dienone is 1. The summed E-state index contributed by atoms with van der Waals surface area (Å²) in [5.74, 6) is 0. The molecule has 0 aliphatic carbocycles. The van der Waals surface area contributed by atoms with Crippen LogP contribution in [0.25, 0.3) is 17.2 Å². The summed E-state index contributed by atoms with van der Waals surface area (Å²) in [6.07, 6.45) is 2.20. The number of hydrogen-bond donors (Lipinski definition) is 0. The molecule has 0 saturated carbocycles. The molecule has 3 rings (SSSR count). The highest BCUT2D eigenvalue weighted by atomic mass is 14.1. The molecule has 148 valence electrons. The molecule has 0 atom stereocenters. The first-order chi connectivity index (χ1) is 13.4. The molecule has 0 unspecified atom stereocenters. The van der Waals surface area contributed by atoms with Crippen LogP contribution >= 0.6 is 0 Å². The smallest absolute Gasteiger partial charge is 0.0149 e. The average molecular weight is 373 g/mol. The zero-order valence-electron chi connectivity index (χ0n) is 18.9. The van der Waals surface area contributed by atoms with E-state index in [0.717, 1.165) is 0 Å². The van der Waals surface area contributed by atoms with E-state index in [0.29, 0.717) is 0 Å². The molecule has 0 nitrogen and oxygen atoms in total. The van der Waals surface area contributed by atoms with Gasteiger partial charge in [0.1, 0.15) is 0 Å². The molecule has 0 aliphatic rings. The molecule has 3 aromatic rings. The molecule has 28 heavy (non-hydrogen) atoms. The van der Waals surface area contributed by atoms with Gasteiger partial charge in [-0.3, -0.25) is 0 Å². The van der Waals surface area contributed by atoms with E-state index in [1.165, 1.54) is 44.5 Å². The average Bonchev–Trinajstić information content (AvgIpc) is 2.68. The Bertz CT molecular complexity index is 893.